The van der Waals surface area contributed by atoms with Crippen LogP contribution in [0.5, 0.6) is 23.0 Å². The van der Waals surface area contributed by atoms with E-state index in [4.69, 9.17) is 18.9 Å². The third-order valence-corrected chi connectivity index (χ3v) is 4.10. The average Bonchev–Trinajstić information content (AvgIpc) is 2.78. The van der Waals surface area contributed by atoms with E-state index in [1.807, 2.05) is 60.7 Å². The molecule has 0 fully saturated rings. The predicted octanol–water partition coefficient (Wildman–Crippen LogP) is 5.57. The normalized spacial score (nSPS) is 10.8. The maximum Gasteiger partial charge on any atom is 0.344 e. The molecule has 0 radical (unpaired) electrons. The molecule has 0 aliphatic heterocycles. The summed E-state index contributed by atoms with van der Waals surface area (Å²) in [7, 11) is 1.63. The number of nitrogens with zero attached hydrogens (tertiary/aromatic N) is 1. The fourth-order valence-electron chi connectivity index (χ4n) is 2.62. The Balaban J connectivity index is 1.52. The van der Waals surface area contributed by atoms with Gasteiger partial charge in [-0.1, -0.05) is 0 Å². The summed E-state index contributed by atoms with van der Waals surface area (Å²) in [6.45, 7) is 3.48. The molecule has 3 rings (SSSR count). The highest BCUT2D eigenvalue weighted by atomic mass is 16.6. The third-order valence-electron chi connectivity index (χ3n) is 4.10. The van der Waals surface area contributed by atoms with Crippen LogP contribution in [0.1, 0.15) is 19.4 Å². The number of ether oxygens (including phenoxy) is 4. The Morgan fingerprint density at radius 3 is 1.97 bits per heavy atom. The molecule has 160 valence electrons. The van der Waals surface area contributed by atoms with Crippen molar-refractivity contribution in [2.45, 2.75) is 20.0 Å². The van der Waals surface area contributed by atoms with Gasteiger partial charge in [0.1, 0.15) is 23.0 Å². The van der Waals surface area contributed by atoms with Crippen molar-refractivity contribution in [3.8, 4) is 23.0 Å². The summed E-state index contributed by atoms with van der Waals surface area (Å²) in [6.07, 6.45) is 1.61. The van der Waals surface area contributed by atoms with Crippen LogP contribution in [0.2, 0.25) is 0 Å². The number of rotatable bonds is 9. The molecule has 0 amide bonds. The lowest BCUT2D eigenvalue weighted by Crippen LogP contribution is -2.18. The van der Waals surface area contributed by atoms with Gasteiger partial charge in [0.15, 0.2) is 6.61 Å². The van der Waals surface area contributed by atoms with Gasteiger partial charge < -0.3 is 18.9 Å². The van der Waals surface area contributed by atoms with Crippen molar-refractivity contribution in [3.63, 3.8) is 0 Å². The van der Waals surface area contributed by atoms with Gasteiger partial charge in [-0.25, -0.2) is 4.79 Å². The van der Waals surface area contributed by atoms with Crippen molar-refractivity contribution in [3.05, 3.63) is 78.4 Å². The van der Waals surface area contributed by atoms with E-state index in [1.54, 1.807) is 39.3 Å². The summed E-state index contributed by atoms with van der Waals surface area (Å²) in [4.78, 5) is 16.0. The first-order valence-corrected chi connectivity index (χ1v) is 9.90. The van der Waals surface area contributed by atoms with Gasteiger partial charge in [0.05, 0.1) is 18.9 Å². The highest BCUT2D eigenvalue weighted by molar-refractivity contribution is 5.82. The number of carbonyl (C=O) groups is 1. The van der Waals surface area contributed by atoms with Crippen LogP contribution in [-0.2, 0) is 9.53 Å². The zero-order valence-corrected chi connectivity index (χ0v) is 17.8. The fourth-order valence-corrected chi connectivity index (χ4v) is 2.62. The highest BCUT2D eigenvalue weighted by Gasteiger charge is 2.06. The Bertz CT molecular complexity index is 994. The molecule has 3 aromatic rings. The maximum atomic E-state index is 11.5. The van der Waals surface area contributed by atoms with Crippen molar-refractivity contribution in [2.24, 2.45) is 4.99 Å². The van der Waals surface area contributed by atoms with Crippen molar-refractivity contribution in [2.75, 3.05) is 13.7 Å². The molecule has 0 bridgehead atoms. The van der Waals surface area contributed by atoms with Crippen molar-refractivity contribution in [1.82, 2.24) is 0 Å². The quantitative estimate of drug-likeness (QED) is 0.335. The molecule has 0 saturated heterocycles. The van der Waals surface area contributed by atoms with E-state index < -0.39 is 0 Å². The van der Waals surface area contributed by atoms with Crippen LogP contribution >= 0.6 is 0 Å². The minimum absolute atomic E-state index is 0.115. The number of hydrogen-bond acceptors (Lipinski definition) is 6. The lowest BCUT2D eigenvalue weighted by atomic mass is 10.2. The zero-order chi connectivity index (χ0) is 22.1. The maximum absolute atomic E-state index is 11.5. The molecule has 0 aliphatic carbocycles. The van der Waals surface area contributed by atoms with Crippen LogP contribution in [0, 0.1) is 0 Å². The molecule has 0 aliphatic rings. The summed E-state index contributed by atoms with van der Waals surface area (Å²) in [5.74, 6) is 2.45. The molecule has 0 saturated carbocycles. The van der Waals surface area contributed by atoms with Crippen LogP contribution in [0.25, 0.3) is 0 Å². The van der Waals surface area contributed by atoms with Crippen LogP contribution in [0.3, 0.4) is 0 Å². The predicted molar refractivity (Wildman–Crippen MR) is 120 cm³/mol. The topological polar surface area (TPSA) is 66.3 Å². The van der Waals surface area contributed by atoms with Crippen LogP contribution < -0.4 is 14.2 Å². The van der Waals surface area contributed by atoms with Gasteiger partial charge in [0.25, 0.3) is 0 Å². The molecular formula is C25H25NO5. The number of aliphatic imine (C=N–C) groups is 1. The number of esters is 1. The molecular weight excluding hydrogens is 394 g/mol. The first kappa shape index (κ1) is 21.9. The van der Waals surface area contributed by atoms with Gasteiger partial charge in [-0.2, -0.15) is 0 Å². The molecule has 0 N–H and O–H groups in total. The molecule has 6 heteroatoms. The van der Waals surface area contributed by atoms with E-state index in [0.717, 1.165) is 28.5 Å². The van der Waals surface area contributed by atoms with Crippen LogP contribution in [-0.4, -0.2) is 32.0 Å². The second-order valence-corrected chi connectivity index (χ2v) is 6.93. The number of carbonyl (C=O) groups excluding carboxylic acids is 1. The van der Waals surface area contributed by atoms with E-state index in [9.17, 15) is 4.79 Å². The summed E-state index contributed by atoms with van der Waals surface area (Å²) < 4.78 is 21.4. The average molecular weight is 419 g/mol. The molecule has 31 heavy (non-hydrogen) atoms. The monoisotopic (exact) mass is 419 g/mol. The standard InChI is InChI=1S/C25H25NO5/c1-18(2)30-25(27)17-29-22-8-4-19(5-9-22)16-26-20-6-10-23(11-7-20)31-24-14-12-21(28-3)13-15-24/h4-16,18H,17H2,1-3H3. The molecule has 0 spiro atoms. The molecule has 0 atom stereocenters. The Morgan fingerprint density at radius 1 is 0.839 bits per heavy atom. The van der Waals surface area contributed by atoms with Crippen LogP contribution in [0.15, 0.2) is 77.8 Å². The number of methoxy groups -OCH3 is 1. The Morgan fingerprint density at radius 2 is 1.39 bits per heavy atom. The SMILES string of the molecule is COc1ccc(Oc2ccc(N=Cc3ccc(OCC(=O)OC(C)C)cc3)cc2)cc1. The van der Waals surface area contributed by atoms with E-state index in [0.29, 0.717) is 5.75 Å². The lowest BCUT2D eigenvalue weighted by Gasteiger charge is -2.09. The molecule has 3 aromatic carbocycles. The largest absolute Gasteiger partial charge is 0.497 e. The van der Waals surface area contributed by atoms with E-state index in [1.165, 1.54) is 0 Å². The summed E-state index contributed by atoms with van der Waals surface area (Å²) in [5.41, 5.74) is 1.72. The van der Waals surface area contributed by atoms with Gasteiger partial charge >= 0.3 is 5.97 Å². The van der Waals surface area contributed by atoms with E-state index in [2.05, 4.69) is 4.99 Å². The third kappa shape index (κ3) is 7.19. The molecule has 6 nitrogen and oxygen atoms in total. The Labute approximate surface area is 182 Å². The highest BCUT2D eigenvalue weighted by Crippen LogP contribution is 2.25. The summed E-state index contributed by atoms with van der Waals surface area (Å²) in [5, 5.41) is 0. The Kier molecular flexibility index (Phi) is 7.65. The smallest absolute Gasteiger partial charge is 0.344 e. The molecule has 0 aromatic heterocycles. The minimum atomic E-state index is -0.389. The van der Waals surface area contributed by atoms with Gasteiger partial charge in [0, 0.05) is 6.21 Å². The second kappa shape index (κ2) is 10.8. The number of hydrogen-bond donors (Lipinski definition) is 0. The zero-order valence-electron chi connectivity index (χ0n) is 17.8. The molecule has 0 unspecified atom stereocenters. The number of benzene rings is 3. The van der Waals surface area contributed by atoms with Gasteiger partial charge in [0.2, 0.25) is 0 Å². The van der Waals surface area contributed by atoms with Gasteiger partial charge in [-0.05, 0) is 92.2 Å². The Hall–Kier alpha value is -3.80. The van der Waals surface area contributed by atoms with E-state index >= 15 is 0 Å². The minimum Gasteiger partial charge on any atom is -0.497 e. The van der Waals surface area contributed by atoms with Crippen LogP contribution in [0.4, 0.5) is 5.69 Å². The van der Waals surface area contributed by atoms with Crippen molar-refractivity contribution in [1.29, 1.82) is 0 Å². The van der Waals surface area contributed by atoms with Gasteiger partial charge in [-0.3, -0.25) is 4.99 Å². The molecule has 0 heterocycles. The van der Waals surface area contributed by atoms with Crippen molar-refractivity contribution < 1.29 is 23.7 Å². The lowest BCUT2D eigenvalue weighted by molar-refractivity contribution is -0.149. The van der Waals surface area contributed by atoms with Crippen molar-refractivity contribution >= 4 is 17.9 Å². The summed E-state index contributed by atoms with van der Waals surface area (Å²) in [6, 6.07) is 22.2. The summed E-state index contributed by atoms with van der Waals surface area (Å²) >= 11 is 0. The first-order valence-electron chi connectivity index (χ1n) is 9.90. The fraction of sp³-hybridized carbons (Fsp3) is 0.200. The second-order valence-electron chi connectivity index (χ2n) is 6.93. The van der Waals surface area contributed by atoms with E-state index in [-0.39, 0.29) is 18.7 Å². The first-order chi connectivity index (χ1) is 15.0. The van der Waals surface area contributed by atoms with Gasteiger partial charge in [-0.15, -0.1) is 0 Å².